The Labute approximate surface area is 329 Å². The van der Waals surface area contributed by atoms with Gasteiger partial charge in [0.05, 0.1) is 35.7 Å². The van der Waals surface area contributed by atoms with Gasteiger partial charge >= 0.3 is 29.8 Å². The van der Waals surface area contributed by atoms with Crippen molar-refractivity contribution in [3.63, 3.8) is 0 Å². The molecule has 0 spiro atoms. The van der Waals surface area contributed by atoms with E-state index in [1.54, 1.807) is 6.92 Å². The third-order valence-electron chi connectivity index (χ3n) is 14.5. The van der Waals surface area contributed by atoms with Crippen LogP contribution in [0.25, 0.3) is 0 Å². The van der Waals surface area contributed by atoms with Gasteiger partial charge in [-0.1, -0.05) is 86.1 Å². The minimum absolute atomic E-state index is 0. The molecular formula is C45H80O9. The van der Waals surface area contributed by atoms with Crippen LogP contribution in [-0.2, 0) is 42.9 Å². The molecule has 6 bridgehead atoms. The third kappa shape index (κ3) is 7.65. The van der Waals surface area contributed by atoms with E-state index < -0.39 is 51.7 Å². The second-order valence-corrected chi connectivity index (χ2v) is 19.7. The smallest absolute Gasteiger partial charge is 0.318 e. The second-order valence-electron chi connectivity index (χ2n) is 19.7. The van der Waals surface area contributed by atoms with Crippen LogP contribution >= 0.6 is 0 Å². The van der Waals surface area contributed by atoms with Gasteiger partial charge in [-0.05, 0) is 112 Å². The molecule has 0 aromatic heterocycles. The number of hydrogen-bond donors (Lipinski definition) is 0. The van der Waals surface area contributed by atoms with Crippen LogP contribution in [0.15, 0.2) is 0 Å². The number of esters is 5. The number of cyclic esters (lactones) is 3. The van der Waals surface area contributed by atoms with Crippen molar-refractivity contribution in [3.05, 3.63) is 0 Å². The maximum Gasteiger partial charge on any atom is 0.318 e. The normalized spacial score (nSPS) is 38.8. The number of fused-ring (bicyclic) bond motifs is 5. The lowest BCUT2D eigenvalue weighted by molar-refractivity contribution is -0.222. The highest BCUT2D eigenvalue weighted by molar-refractivity contribution is 5.97. The van der Waals surface area contributed by atoms with Crippen molar-refractivity contribution in [3.8, 4) is 0 Å². The molecule has 9 nitrogen and oxygen atoms in total. The van der Waals surface area contributed by atoms with E-state index in [4.69, 9.17) is 18.9 Å². The predicted molar refractivity (Wildman–Crippen MR) is 214 cm³/mol. The van der Waals surface area contributed by atoms with Gasteiger partial charge in [0.2, 0.25) is 0 Å². The van der Waals surface area contributed by atoms with E-state index in [0.717, 1.165) is 38.5 Å². The molecule has 314 valence electrons. The summed E-state index contributed by atoms with van der Waals surface area (Å²) in [6, 6.07) is 0. The molecule has 0 aromatic carbocycles. The van der Waals surface area contributed by atoms with Crippen LogP contribution in [0, 0.1) is 81.3 Å². The van der Waals surface area contributed by atoms with Crippen LogP contribution in [0.3, 0.4) is 0 Å². The van der Waals surface area contributed by atoms with E-state index in [1.807, 2.05) is 34.6 Å². The molecule has 11 atom stereocenters. The summed E-state index contributed by atoms with van der Waals surface area (Å²) >= 11 is 0. The maximum absolute atomic E-state index is 14.9. The van der Waals surface area contributed by atoms with Crippen molar-refractivity contribution in [1.29, 1.82) is 0 Å². The molecular weight excluding hydrogens is 684 g/mol. The van der Waals surface area contributed by atoms with Crippen molar-refractivity contribution in [1.82, 2.24) is 0 Å². The van der Waals surface area contributed by atoms with Crippen LogP contribution in [0.2, 0.25) is 0 Å². The fraction of sp³-hybridized carbons (Fsp3) is 0.889. The van der Waals surface area contributed by atoms with Crippen molar-refractivity contribution in [2.24, 2.45) is 81.3 Å². The first-order valence-electron chi connectivity index (χ1n) is 18.6. The number of rotatable bonds is 8. The number of hydrogen-bond acceptors (Lipinski definition) is 9. The standard InChI is InChI=1S/C39H56O9.6CH4/c1-19-23-11-24(25-17-45-32(42)27(23)25)28(19)36(6,7)16-26(37(8,9)29-20(2)30(40)46-33(29)43)31(41)47-39-14-21-10-22(15-39)13-38(12-21,18-39)34(44)48-35(3,4)5;;;;;;/h19-29H,10-18H2,1-9H3;6*1H4. The van der Waals surface area contributed by atoms with Gasteiger partial charge in [0.15, 0.2) is 0 Å². The molecule has 2 saturated heterocycles. The summed E-state index contributed by atoms with van der Waals surface area (Å²) in [5, 5.41) is 0. The zero-order chi connectivity index (χ0) is 34.9. The first-order chi connectivity index (χ1) is 22.2. The van der Waals surface area contributed by atoms with Crippen LogP contribution in [0.4, 0.5) is 0 Å². The van der Waals surface area contributed by atoms with Crippen LogP contribution < -0.4 is 0 Å². The van der Waals surface area contributed by atoms with Crippen molar-refractivity contribution in [2.45, 2.75) is 169 Å². The Morgan fingerprint density at radius 2 is 1.35 bits per heavy atom. The van der Waals surface area contributed by atoms with Gasteiger partial charge in [-0.25, -0.2) is 0 Å². The zero-order valence-corrected chi connectivity index (χ0v) is 30.4. The summed E-state index contributed by atoms with van der Waals surface area (Å²) in [4.78, 5) is 67.2. The largest absolute Gasteiger partial charge is 0.465 e. The van der Waals surface area contributed by atoms with Crippen LogP contribution in [-0.4, -0.2) is 47.7 Å². The molecule has 8 fully saturated rings. The Bertz CT molecular complexity index is 1410. The molecule has 6 aliphatic carbocycles. The molecule has 0 amide bonds. The third-order valence-corrected chi connectivity index (χ3v) is 14.5. The summed E-state index contributed by atoms with van der Waals surface area (Å²) in [7, 11) is 0. The minimum atomic E-state index is -0.946. The topological polar surface area (TPSA) is 122 Å². The Hall–Kier alpha value is -2.45. The van der Waals surface area contributed by atoms with Crippen molar-refractivity contribution >= 4 is 29.8 Å². The quantitative estimate of drug-likeness (QED) is 0.135. The second kappa shape index (κ2) is 15.8. The average Bonchev–Trinajstić information content (AvgIpc) is 3.66. The Morgan fingerprint density at radius 3 is 1.87 bits per heavy atom. The van der Waals surface area contributed by atoms with Gasteiger partial charge in [-0.15, -0.1) is 0 Å². The lowest BCUT2D eigenvalue weighted by Gasteiger charge is -2.60. The van der Waals surface area contributed by atoms with E-state index in [0.29, 0.717) is 25.4 Å². The zero-order valence-electron chi connectivity index (χ0n) is 30.4. The van der Waals surface area contributed by atoms with Crippen LogP contribution in [0.1, 0.15) is 158 Å². The highest BCUT2D eigenvalue weighted by Gasteiger charge is 2.67. The maximum atomic E-state index is 14.9. The molecule has 8 aliphatic rings. The molecule has 0 aromatic rings. The lowest BCUT2D eigenvalue weighted by atomic mass is 9.47. The first-order valence-corrected chi connectivity index (χ1v) is 18.6. The van der Waals surface area contributed by atoms with Crippen LogP contribution in [0.5, 0.6) is 0 Å². The Morgan fingerprint density at radius 1 is 0.778 bits per heavy atom. The van der Waals surface area contributed by atoms with Crippen molar-refractivity contribution < 1.29 is 42.9 Å². The fourth-order valence-electron chi connectivity index (χ4n) is 13.3. The highest BCUT2D eigenvalue weighted by atomic mass is 16.6. The average molecular weight is 765 g/mol. The fourth-order valence-corrected chi connectivity index (χ4v) is 13.3. The van der Waals surface area contributed by atoms with Gasteiger partial charge in [0.1, 0.15) is 11.2 Å². The van der Waals surface area contributed by atoms with E-state index in [-0.39, 0.29) is 109 Å². The van der Waals surface area contributed by atoms with E-state index in [2.05, 4.69) is 20.8 Å². The van der Waals surface area contributed by atoms with E-state index >= 15 is 0 Å². The molecule has 2 aliphatic heterocycles. The molecule has 9 heteroatoms. The summed E-state index contributed by atoms with van der Waals surface area (Å²) in [5.41, 5.74) is -3.32. The van der Waals surface area contributed by atoms with E-state index in [9.17, 15) is 24.0 Å². The summed E-state index contributed by atoms with van der Waals surface area (Å²) < 4.78 is 23.4. The molecule has 54 heavy (non-hydrogen) atoms. The molecule has 2 heterocycles. The molecule has 0 radical (unpaired) electrons. The summed E-state index contributed by atoms with van der Waals surface area (Å²) in [5.74, 6) is -1.98. The monoisotopic (exact) mass is 765 g/mol. The van der Waals surface area contributed by atoms with Gasteiger partial charge < -0.3 is 18.9 Å². The van der Waals surface area contributed by atoms with Gasteiger partial charge in [-0.3, -0.25) is 24.0 Å². The Balaban J connectivity index is 0.00000243. The van der Waals surface area contributed by atoms with E-state index in [1.165, 1.54) is 0 Å². The summed E-state index contributed by atoms with van der Waals surface area (Å²) in [6.07, 6.45) is 5.97. The number of carbonyl (C=O) groups excluding carboxylic acids is 5. The first kappa shape index (κ1) is 49.6. The highest BCUT2D eigenvalue weighted by Crippen LogP contribution is 2.67. The number of ether oxygens (including phenoxy) is 4. The van der Waals surface area contributed by atoms with Gasteiger partial charge in [-0.2, -0.15) is 0 Å². The summed E-state index contributed by atoms with van der Waals surface area (Å²) in [6.45, 7) is 18.4. The lowest BCUT2D eigenvalue weighted by Crippen LogP contribution is -2.61. The van der Waals surface area contributed by atoms with Gasteiger partial charge in [0, 0.05) is 12.3 Å². The minimum Gasteiger partial charge on any atom is -0.465 e. The van der Waals surface area contributed by atoms with Crippen molar-refractivity contribution in [2.75, 3.05) is 6.61 Å². The molecule has 8 rings (SSSR count). The molecule has 11 unspecified atom stereocenters. The SMILES string of the molecule is C.C.C.C.C.C.CC1C(=O)OC(=O)C1C(C)(C)C(CC(C)(C)C1C(C)C2CC1C1COC(=O)C21)C(=O)OC12CC3CC(C1)CC(C(=O)OC(C)(C)C)(C3)C2. The predicted octanol–water partition coefficient (Wildman–Crippen LogP) is 10.1. The molecule has 6 saturated carbocycles. The number of carbonyl (C=O) groups is 5. The molecule has 0 N–H and O–H groups in total. The van der Waals surface area contributed by atoms with Gasteiger partial charge in [0.25, 0.3) is 0 Å². The Kier molecular flexibility index (Phi) is 14.5.